The largest absolute Gasteiger partial charge is 0.523 e. The average molecular weight is 348 g/mol. The van der Waals surface area contributed by atoms with E-state index in [2.05, 4.69) is 20.7 Å². The van der Waals surface area contributed by atoms with Crippen molar-refractivity contribution in [1.82, 2.24) is 16.0 Å². The topological polar surface area (TPSA) is 105 Å². The van der Waals surface area contributed by atoms with Gasteiger partial charge in [-0.3, -0.25) is 14.3 Å². The Morgan fingerprint density at radius 1 is 1.42 bits per heavy atom. The van der Waals surface area contributed by atoms with Gasteiger partial charge in [0.05, 0.1) is 18.2 Å². The van der Waals surface area contributed by atoms with E-state index in [-0.39, 0.29) is 36.2 Å². The Bertz CT molecular complexity index is 554. The second kappa shape index (κ2) is 7.67. The molecule has 2 aliphatic rings. The maximum atomic E-state index is 12.3. The smallest absolute Gasteiger partial charge is 0.398 e. The van der Waals surface area contributed by atoms with Crippen molar-refractivity contribution in [2.75, 3.05) is 19.6 Å². The number of nitrogens with two attached hydrogens (primary N) is 1. The first kappa shape index (κ1) is 18.3. The zero-order valence-corrected chi connectivity index (χ0v) is 12.8. The fourth-order valence-electron chi connectivity index (χ4n) is 2.48. The van der Waals surface area contributed by atoms with Gasteiger partial charge in [-0.2, -0.15) is 0 Å². The van der Waals surface area contributed by atoms with Crippen LogP contribution < -0.4 is 21.7 Å². The van der Waals surface area contributed by atoms with Gasteiger partial charge in [0.2, 0.25) is 5.91 Å². The Morgan fingerprint density at radius 2 is 2.17 bits per heavy atom. The molecule has 1 unspecified atom stereocenters. The summed E-state index contributed by atoms with van der Waals surface area (Å²) in [4.78, 5) is 23.8. The molecule has 1 aliphatic heterocycles. The molecule has 0 aromatic rings. The van der Waals surface area contributed by atoms with Crippen LogP contribution in [0.4, 0.5) is 13.2 Å². The van der Waals surface area contributed by atoms with Gasteiger partial charge in [-0.1, -0.05) is 6.08 Å². The highest BCUT2D eigenvalue weighted by Gasteiger charge is 2.34. The second-order valence-corrected chi connectivity index (χ2v) is 5.52. The number of carbonyl (C=O) groups excluding carboxylic acids is 2. The van der Waals surface area contributed by atoms with Crippen molar-refractivity contribution in [3.05, 3.63) is 23.4 Å². The summed E-state index contributed by atoms with van der Waals surface area (Å²) in [5.41, 5.74) is 5.55. The molecule has 7 nitrogen and oxygen atoms in total. The van der Waals surface area contributed by atoms with Gasteiger partial charge in [-0.15, -0.1) is 13.2 Å². The number of amides is 2. The van der Waals surface area contributed by atoms with Crippen molar-refractivity contribution >= 4 is 11.8 Å². The minimum atomic E-state index is -4.81. The van der Waals surface area contributed by atoms with Gasteiger partial charge >= 0.3 is 6.36 Å². The van der Waals surface area contributed by atoms with Gasteiger partial charge < -0.3 is 21.7 Å². The van der Waals surface area contributed by atoms with Gasteiger partial charge in [-0.05, 0) is 25.5 Å². The molecule has 0 radical (unpaired) electrons. The van der Waals surface area contributed by atoms with Crippen LogP contribution in [0.3, 0.4) is 0 Å². The summed E-state index contributed by atoms with van der Waals surface area (Å²) >= 11 is 0. The van der Waals surface area contributed by atoms with Gasteiger partial charge in [0, 0.05) is 18.3 Å². The molecule has 0 bridgehead atoms. The van der Waals surface area contributed by atoms with E-state index in [1.54, 1.807) is 0 Å². The van der Waals surface area contributed by atoms with E-state index >= 15 is 0 Å². The van der Waals surface area contributed by atoms with Crippen LogP contribution >= 0.6 is 0 Å². The number of halogens is 3. The lowest BCUT2D eigenvalue weighted by Crippen LogP contribution is -2.43. The van der Waals surface area contributed by atoms with Crippen molar-refractivity contribution < 1.29 is 27.5 Å². The lowest BCUT2D eigenvalue weighted by Gasteiger charge is -2.21. The number of carbonyl (C=O) groups is 2. The first-order valence-electron chi connectivity index (χ1n) is 7.45. The Balaban J connectivity index is 1.87. The highest BCUT2D eigenvalue weighted by molar-refractivity contribution is 5.99. The summed E-state index contributed by atoms with van der Waals surface area (Å²) in [7, 11) is 0. The first-order valence-corrected chi connectivity index (χ1v) is 7.45. The molecule has 0 aromatic carbocycles. The standard InChI is InChI=1S/C14H19F3N4O3/c15-14(16,17)24-9-1-2-11(18)10(5-9)13(23)20-7-12(22)21-8-3-4-19-6-8/h2,5,8-9,19H,1,3-4,6-7,18H2,(H,20,23)(H,21,22)/t8-,9?/m1/s1. The fourth-order valence-corrected chi connectivity index (χ4v) is 2.48. The molecule has 0 aromatic heterocycles. The van der Waals surface area contributed by atoms with Gasteiger partial charge in [0.15, 0.2) is 0 Å². The summed E-state index contributed by atoms with van der Waals surface area (Å²) in [5.74, 6) is -1.10. The number of rotatable bonds is 5. The minimum absolute atomic E-state index is 0.0119. The van der Waals surface area contributed by atoms with Crippen LogP contribution in [0.5, 0.6) is 0 Å². The predicted octanol–water partition coefficient (Wildman–Crippen LogP) is -0.342. The third kappa shape index (κ3) is 5.53. The van der Waals surface area contributed by atoms with Crippen LogP contribution in [0.25, 0.3) is 0 Å². The lowest BCUT2D eigenvalue weighted by molar-refractivity contribution is -0.336. The summed E-state index contributed by atoms with van der Waals surface area (Å²) in [6, 6.07) is 0.0119. The van der Waals surface area contributed by atoms with E-state index in [9.17, 15) is 22.8 Å². The highest BCUT2D eigenvalue weighted by Crippen LogP contribution is 2.25. The Hall–Kier alpha value is -2.07. The molecule has 1 aliphatic carbocycles. The van der Waals surface area contributed by atoms with Crippen LogP contribution in [-0.4, -0.2) is 50.0 Å². The van der Waals surface area contributed by atoms with Crippen LogP contribution in [0.15, 0.2) is 23.4 Å². The third-order valence-electron chi connectivity index (χ3n) is 3.60. The van der Waals surface area contributed by atoms with Crippen LogP contribution in [-0.2, 0) is 14.3 Å². The molecule has 0 saturated carbocycles. The molecule has 10 heteroatoms. The second-order valence-electron chi connectivity index (χ2n) is 5.52. The van der Waals surface area contributed by atoms with Crippen molar-refractivity contribution in [3.63, 3.8) is 0 Å². The average Bonchev–Trinajstić information content (AvgIpc) is 2.98. The monoisotopic (exact) mass is 348 g/mol. The van der Waals surface area contributed by atoms with Crippen LogP contribution in [0.1, 0.15) is 12.8 Å². The summed E-state index contributed by atoms with van der Waals surface area (Å²) < 4.78 is 40.6. The molecule has 134 valence electrons. The quantitative estimate of drug-likeness (QED) is 0.544. The van der Waals surface area contributed by atoms with E-state index in [4.69, 9.17) is 5.73 Å². The molecule has 24 heavy (non-hydrogen) atoms. The molecular formula is C14H19F3N4O3. The SMILES string of the molecule is NC1=CCC(OC(F)(F)F)C=C1C(=O)NCC(=O)N[C@@H]1CCNC1. The Kier molecular flexibility index (Phi) is 5.84. The third-order valence-corrected chi connectivity index (χ3v) is 3.60. The zero-order valence-electron chi connectivity index (χ0n) is 12.8. The summed E-state index contributed by atoms with van der Waals surface area (Å²) in [6.07, 6.45) is -3.12. The van der Waals surface area contributed by atoms with Crippen molar-refractivity contribution in [2.45, 2.75) is 31.3 Å². The lowest BCUT2D eigenvalue weighted by atomic mass is 10.0. The minimum Gasteiger partial charge on any atom is -0.398 e. The number of ether oxygens (including phenoxy) is 1. The Morgan fingerprint density at radius 3 is 2.79 bits per heavy atom. The normalized spacial score (nSPS) is 24.1. The van der Waals surface area contributed by atoms with E-state index in [0.29, 0.717) is 6.54 Å². The highest BCUT2D eigenvalue weighted by atomic mass is 19.4. The number of nitrogens with one attached hydrogen (secondary N) is 3. The molecule has 1 heterocycles. The molecule has 2 atom stereocenters. The molecule has 5 N–H and O–H groups in total. The Labute approximate surface area is 136 Å². The van der Waals surface area contributed by atoms with Gasteiger partial charge in [-0.25, -0.2) is 0 Å². The van der Waals surface area contributed by atoms with E-state index in [0.717, 1.165) is 19.0 Å². The number of alkyl halides is 3. The van der Waals surface area contributed by atoms with Crippen molar-refractivity contribution in [1.29, 1.82) is 0 Å². The predicted molar refractivity (Wildman–Crippen MR) is 78.3 cm³/mol. The van der Waals surface area contributed by atoms with Crippen molar-refractivity contribution in [2.24, 2.45) is 5.73 Å². The molecule has 2 rings (SSSR count). The molecule has 0 spiro atoms. The van der Waals surface area contributed by atoms with Crippen LogP contribution in [0.2, 0.25) is 0 Å². The maximum absolute atomic E-state index is 12.3. The zero-order chi connectivity index (χ0) is 17.7. The van der Waals surface area contributed by atoms with E-state index < -0.39 is 18.4 Å². The number of hydrogen-bond donors (Lipinski definition) is 4. The summed E-state index contributed by atoms with van der Waals surface area (Å²) in [5, 5.41) is 8.16. The number of hydrogen-bond acceptors (Lipinski definition) is 5. The van der Waals surface area contributed by atoms with Gasteiger partial charge in [0.1, 0.15) is 0 Å². The molecule has 1 fully saturated rings. The van der Waals surface area contributed by atoms with Crippen molar-refractivity contribution in [3.8, 4) is 0 Å². The maximum Gasteiger partial charge on any atom is 0.523 e. The van der Waals surface area contributed by atoms with E-state index in [1.807, 2.05) is 0 Å². The van der Waals surface area contributed by atoms with Gasteiger partial charge in [0.25, 0.3) is 5.91 Å². The molecule has 2 amide bonds. The molecule has 1 saturated heterocycles. The van der Waals surface area contributed by atoms with E-state index in [1.165, 1.54) is 6.08 Å². The van der Waals surface area contributed by atoms with Crippen LogP contribution in [0, 0.1) is 0 Å². The molecular weight excluding hydrogens is 329 g/mol. The first-order chi connectivity index (χ1) is 11.2. The fraction of sp³-hybridized carbons (Fsp3) is 0.571. The summed E-state index contributed by atoms with van der Waals surface area (Å²) in [6.45, 7) is 1.19.